The number of fused-ring (bicyclic) bond motifs is 2. The molecule has 0 atom stereocenters. The average molecular weight is 486 g/mol. The van der Waals surface area contributed by atoms with Crippen molar-refractivity contribution in [2.45, 2.75) is 6.54 Å². The molecule has 5 heteroatoms. The van der Waals surface area contributed by atoms with Crippen molar-refractivity contribution in [3.8, 4) is 11.5 Å². The fourth-order valence-electron chi connectivity index (χ4n) is 2.84. The number of hydrogen-bond donors (Lipinski definition) is 0. The molecule has 0 saturated carbocycles. The molecule has 4 rings (SSSR count). The lowest BCUT2D eigenvalue weighted by molar-refractivity contribution is -0.660. The van der Waals surface area contributed by atoms with Crippen LogP contribution in [0.3, 0.4) is 0 Å². The lowest BCUT2D eigenvalue weighted by Gasteiger charge is -2.01. The van der Waals surface area contributed by atoms with Gasteiger partial charge in [-0.25, -0.2) is 0 Å². The molecule has 0 fully saturated rings. The summed E-state index contributed by atoms with van der Waals surface area (Å²) in [4.78, 5) is 4.21. The Balaban J connectivity index is 0.000000198. The van der Waals surface area contributed by atoms with Crippen LogP contribution in [0.2, 0.25) is 0 Å². The first-order chi connectivity index (χ1) is 13.2. The van der Waals surface area contributed by atoms with E-state index >= 15 is 0 Å². The summed E-state index contributed by atoms with van der Waals surface area (Å²) in [5, 5.41) is 2.35. The maximum Gasteiger partial charge on any atom is 0.216 e. The number of hydrogen-bond acceptors (Lipinski definition) is 3. The van der Waals surface area contributed by atoms with Crippen molar-refractivity contribution in [3.05, 3.63) is 85.7 Å². The molecule has 0 bridgehead atoms. The fraction of sp³-hybridized carbons (Fsp3) is 0.130. The SMILES string of the molecule is C=CC[n+]1cccc2ccc(OC)cc21.COc1ccc2cccnc2c1.[I-]. The Morgan fingerprint density at radius 1 is 0.929 bits per heavy atom. The Bertz CT molecular complexity index is 1070. The van der Waals surface area contributed by atoms with Gasteiger partial charge in [0.05, 0.1) is 25.8 Å². The predicted octanol–water partition coefficient (Wildman–Crippen LogP) is 1.57. The monoisotopic (exact) mass is 486 g/mol. The van der Waals surface area contributed by atoms with E-state index in [1.807, 2.05) is 60.8 Å². The number of pyridine rings is 2. The number of allylic oxidation sites excluding steroid dienone is 1. The molecule has 0 unspecified atom stereocenters. The van der Waals surface area contributed by atoms with E-state index < -0.39 is 0 Å². The molecule has 28 heavy (non-hydrogen) atoms. The largest absolute Gasteiger partial charge is 1.00 e. The van der Waals surface area contributed by atoms with Gasteiger partial charge in [0.2, 0.25) is 5.52 Å². The summed E-state index contributed by atoms with van der Waals surface area (Å²) < 4.78 is 12.4. The number of benzene rings is 2. The summed E-state index contributed by atoms with van der Waals surface area (Å²) in [5.74, 6) is 1.73. The van der Waals surface area contributed by atoms with Gasteiger partial charge in [-0.2, -0.15) is 4.57 Å². The molecular formula is C23H23IN2O2. The van der Waals surface area contributed by atoms with Gasteiger partial charge in [-0.05, 0) is 42.5 Å². The minimum absolute atomic E-state index is 0. The van der Waals surface area contributed by atoms with E-state index in [2.05, 4.69) is 28.3 Å². The van der Waals surface area contributed by atoms with Crippen LogP contribution >= 0.6 is 0 Å². The van der Waals surface area contributed by atoms with Crippen molar-refractivity contribution in [1.29, 1.82) is 0 Å². The van der Waals surface area contributed by atoms with Crippen LogP contribution in [0, 0.1) is 0 Å². The molecule has 0 spiro atoms. The minimum atomic E-state index is 0. The van der Waals surface area contributed by atoms with Gasteiger partial charge >= 0.3 is 0 Å². The molecule has 0 saturated heterocycles. The highest BCUT2D eigenvalue weighted by atomic mass is 127. The van der Waals surface area contributed by atoms with Crippen molar-refractivity contribution in [2.75, 3.05) is 14.2 Å². The fourth-order valence-corrected chi connectivity index (χ4v) is 2.84. The Morgan fingerprint density at radius 2 is 1.61 bits per heavy atom. The molecule has 0 aliphatic carbocycles. The van der Waals surface area contributed by atoms with Gasteiger partial charge in [0.25, 0.3) is 0 Å². The molecule has 0 amide bonds. The normalized spacial score (nSPS) is 9.79. The van der Waals surface area contributed by atoms with Gasteiger partial charge in [-0.3, -0.25) is 4.98 Å². The molecule has 0 N–H and O–H groups in total. The number of nitrogens with zero attached hydrogens (tertiary/aromatic N) is 2. The first-order valence-corrected chi connectivity index (χ1v) is 8.71. The van der Waals surface area contributed by atoms with E-state index in [-0.39, 0.29) is 24.0 Å². The van der Waals surface area contributed by atoms with Gasteiger partial charge in [0, 0.05) is 29.1 Å². The van der Waals surface area contributed by atoms with Crippen molar-refractivity contribution >= 4 is 21.8 Å². The number of ether oxygens (including phenoxy) is 2. The van der Waals surface area contributed by atoms with Crippen LogP contribution in [0.1, 0.15) is 0 Å². The van der Waals surface area contributed by atoms with Gasteiger partial charge in [-0.15, -0.1) is 0 Å². The highest BCUT2D eigenvalue weighted by molar-refractivity contribution is 5.79. The van der Waals surface area contributed by atoms with Crippen molar-refractivity contribution in [1.82, 2.24) is 4.98 Å². The highest BCUT2D eigenvalue weighted by Crippen LogP contribution is 2.18. The lowest BCUT2D eigenvalue weighted by Crippen LogP contribution is -3.00. The van der Waals surface area contributed by atoms with E-state index in [9.17, 15) is 0 Å². The Labute approximate surface area is 182 Å². The smallest absolute Gasteiger partial charge is 0.216 e. The zero-order valence-electron chi connectivity index (χ0n) is 16.0. The molecule has 2 aromatic carbocycles. The van der Waals surface area contributed by atoms with Crippen LogP contribution in [0.4, 0.5) is 0 Å². The van der Waals surface area contributed by atoms with E-state index in [0.717, 1.165) is 34.5 Å². The Hall–Kier alpha value is -2.67. The minimum Gasteiger partial charge on any atom is -1.00 e. The van der Waals surface area contributed by atoms with Crippen LogP contribution < -0.4 is 38.0 Å². The van der Waals surface area contributed by atoms with E-state index in [4.69, 9.17) is 9.47 Å². The third-order valence-corrected chi connectivity index (χ3v) is 4.23. The maximum atomic E-state index is 5.22. The standard InChI is InChI=1S/C13H14NO.C10H9NO.HI/c1-3-8-14-9-4-5-11-6-7-12(15-2)10-13(11)14;1-12-9-5-4-8-3-2-6-11-10(8)7-9;/h3-7,9-10H,1,8H2,2H3;2-7H,1H3;1H/q+1;;/p-1. The maximum absolute atomic E-state index is 5.22. The van der Waals surface area contributed by atoms with E-state index in [1.165, 1.54) is 5.39 Å². The van der Waals surface area contributed by atoms with Gasteiger partial charge < -0.3 is 33.5 Å². The van der Waals surface area contributed by atoms with Crippen LogP contribution in [0.5, 0.6) is 11.5 Å². The average Bonchev–Trinajstić information content (AvgIpc) is 2.74. The lowest BCUT2D eigenvalue weighted by atomic mass is 10.2. The Kier molecular flexibility index (Phi) is 8.19. The third-order valence-electron chi connectivity index (χ3n) is 4.23. The van der Waals surface area contributed by atoms with Crippen LogP contribution in [-0.4, -0.2) is 19.2 Å². The van der Waals surface area contributed by atoms with Crippen LogP contribution in [0.15, 0.2) is 85.7 Å². The molecular weight excluding hydrogens is 463 g/mol. The number of methoxy groups -OCH3 is 2. The molecule has 4 aromatic rings. The quantitative estimate of drug-likeness (QED) is 0.250. The zero-order chi connectivity index (χ0) is 19.1. The highest BCUT2D eigenvalue weighted by Gasteiger charge is 2.07. The van der Waals surface area contributed by atoms with Crippen molar-refractivity contribution in [3.63, 3.8) is 0 Å². The molecule has 0 aliphatic rings. The third kappa shape index (κ3) is 5.19. The molecule has 4 nitrogen and oxygen atoms in total. The summed E-state index contributed by atoms with van der Waals surface area (Å²) in [6, 6.07) is 20.0. The first kappa shape index (κ1) is 21.6. The Morgan fingerprint density at radius 3 is 2.32 bits per heavy atom. The molecule has 2 heterocycles. The summed E-state index contributed by atoms with van der Waals surface area (Å²) in [7, 11) is 3.34. The van der Waals surface area contributed by atoms with Gasteiger partial charge in [0.15, 0.2) is 12.7 Å². The zero-order valence-corrected chi connectivity index (χ0v) is 18.2. The predicted molar refractivity (Wildman–Crippen MR) is 109 cm³/mol. The number of aromatic nitrogens is 2. The summed E-state index contributed by atoms with van der Waals surface area (Å²) in [6.07, 6.45) is 5.71. The van der Waals surface area contributed by atoms with Gasteiger partial charge in [-0.1, -0.05) is 12.6 Å². The van der Waals surface area contributed by atoms with E-state index in [0.29, 0.717) is 0 Å². The first-order valence-electron chi connectivity index (χ1n) is 8.71. The number of halogens is 1. The van der Waals surface area contributed by atoms with Gasteiger partial charge in [0.1, 0.15) is 11.5 Å². The number of rotatable bonds is 4. The molecule has 144 valence electrons. The summed E-state index contributed by atoms with van der Waals surface area (Å²) in [6.45, 7) is 4.56. The van der Waals surface area contributed by atoms with Crippen LogP contribution in [0.25, 0.3) is 21.8 Å². The molecule has 0 aliphatic heterocycles. The second kappa shape index (κ2) is 10.6. The topological polar surface area (TPSA) is 35.2 Å². The second-order valence-electron chi connectivity index (χ2n) is 5.94. The van der Waals surface area contributed by atoms with E-state index in [1.54, 1.807) is 20.4 Å². The van der Waals surface area contributed by atoms with Crippen LogP contribution in [-0.2, 0) is 6.54 Å². The summed E-state index contributed by atoms with van der Waals surface area (Å²) >= 11 is 0. The van der Waals surface area contributed by atoms with Crippen molar-refractivity contribution in [2.24, 2.45) is 0 Å². The van der Waals surface area contributed by atoms with Crippen molar-refractivity contribution < 1.29 is 38.0 Å². The molecule has 0 radical (unpaired) electrons. The molecule has 2 aromatic heterocycles. The second-order valence-corrected chi connectivity index (χ2v) is 5.94. The summed E-state index contributed by atoms with van der Waals surface area (Å²) in [5.41, 5.74) is 2.13.